The van der Waals surface area contributed by atoms with Crippen LogP contribution in [0.1, 0.15) is 32.3 Å². The molecule has 2 aromatic rings. The van der Waals surface area contributed by atoms with Gasteiger partial charge in [0.25, 0.3) is 0 Å². The summed E-state index contributed by atoms with van der Waals surface area (Å²) in [5.41, 5.74) is 2.18. The number of hydrogen-bond acceptors (Lipinski definition) is 3. The van der Waals surface area contributed by atoms with Crippen molar-refractivity contribution < 1.29 is 0 Å². The lowest BCUT2D eigenvalue weighted by molar-refractivity contribution is 0.465. The molecule has 1 heterocycles. The molecule has 0 atom stereocenters. The number of hydrogen-bond donors (Lipinski definition) is 2. The van der Waals surface area contributed by atoms with E-state index in [2.05, 4.69) is 58.4 Å². The van der Waals surface area contributed by atoms with Gasteiger partial charge in [0, 0.05) is 25.7 Å². The first-order valence-corrected chi connectivity index (χ1v) is 8.18. The topological polar surface area (TPSA) is 69.2 Å². The van der Waals surface area contributed by atoms with Gasteiger partial charge in [0.15, 0.2) is 11.8 Å². The highest BCUT2D eigenvalue weighted by molar-refractivity contribution is 14.0. The Balaban J connectivity index is 0.00000288. The van der Waals surface area contributed by atoms with E-state index in [-0.39, 0.29) is 24.0 Å². The van der Waals surface area contributed by atoms with Crippen LogP contribution >= 0.6 is 24.0 Å². The van der Waals surface area contributed by atoms with Crippen molar-refractivity contribution in [1.82, 2.24) is 25.4 Å². The van der Waals surface area contributed by atoms with Crippen LogP contribution < -0.4 is 5.32 Å². The third-order valence-corrected chi connectivity index (χ3v) is 3.57. The standard InChI is InChI=1S/C17H26N6.HI/c1-4-6-10-23(3)17(18-5-2)19-12-14-8-7-9-15(11-14)16-20-13-21-22-16;/h7-9,11,13H,4-6,10,12H2,1-3H3,(H,18,19)(H,20,21,22);1H. The largest absolute Gasteiger partial charge is 0.357 e. The normalized spacial score (nSPS) is 11.0. The van der Waals surface area contributed by atoms with E-state index in [1.165, 1.54) is 19.2 Å². The van der Waals surface area contributed by atoms with Crippen molar-refractivity contribution in [3.05, 3.63) is 36.2 Å². The fraction of sp³-hybridized carbons (Fsp3) is 0.471. The summed E-state index contributed by atoms with van der Waals surface area (Å²) in [7, 11) is 2.09. The Morgan fingerprint density at radius 1 is 1.33 bits per heavy atom. The Bertz CT molecular complexity index is 611. The molecular weight excluding hydrogens is 415 g/mol. The zero-order valence-electron chi connectivity index (χ0n) is 14.6. The van der Waals surface area contributed by atoms with Crippen LogP contribution in [0.2, 0.25) is 0 Å². The van der Waals surface area contributed by atoms with Crippen LogP contribution in [0, 0.1) is 0 Å². The molecule has 0 aliphatic heterocycles. The minimum atomic E-state index is 0. The molecule has 0 amide bonds. The van der Waals surface area contributed by atoms with Gasteiger partial charge in [0.05, 0.1) is 6.54 Å². The Labute approximate surface area is 161 Å². The first-order valence-electron chi connectivity index (χ1n) is 8.18. The van der Waals surface area contributed by atoms with E-state index in [1.807, 2.05) is 12.1 Å². The highest BCUT2D eigenvalue weighted by atomic mass is 127. The summed E-state index contributed by atoms with van der Waals surface area (Å²) in [6.45, 7) is 6.81. The van der Waals surface area contributed by atoms with E-state index in [1.54, 1.807) is 0 Å². The van der Waals surface area contributed by atoms with Crippen LogP contribution in [0.3, 0.4) is 0 Å². The van der Waals surface area contributed by atoms with Gasteiger partial charge >= 0.3 is 0 Å². The fourth-order valence-electron chi connectivity index (χ4n) is 2.30. The summed E-state index contributed by atoms with van der Waals surface area (Å²) in [5, 5.41) is 10.1. The summed E-state index contributed by atoms with van der Waals surface area (Å²) >= 11 is 0. The first kappa shape index (κ1) is 20.4. The summed E-state index contributed by atoms with van der Waals surface area (Å²) in [5.74, 6) is 1.73. The average Bonchev–Trinajstić information content (AvgIpc) is 3.11. The summed E-state index contributed by atoms with van der Waals surface area (Å²) in [6.07, 6.45) is 3.87. The van der Waals surface area contributed by atoms with Gasteiger partial charge in [-0.2, -0.15) is 5.10 Å². The number of halogens is 1. The SMILES string of the molecule is CCCCN(C)C(=NCc1cccc(-c2ncn[nH]2)c1)NCC.I. The highest BCUT2D eigenvalue weighted by Gasteiger charge is 2.05. The van der Waals surface area contributed by atoms with Crippen molar-refractivity contribution in [1.29, 1.82) is 0 Å². The van der Waals surface area contributed by atoms with Gasteiger partial charge in [-0.3, -0.25) is 5.10 Å². The Hall–Kier alpha value is -1.64. The van der Waals surface area contributed by atoms with Crippen LogP contribution in [-0.2, 0) is 6.54 Å². The zero-order chi connectivity index (χ0) is 16.5. The molecule has 0 aliphatic rings. The molecule has 1 aromatic heterocycles. The summed E-state index contributed by atoms with van der Waals surface area (Å²) < 4.78 is 0. The summed E-state index contributed by atoms with van der Waals surface area (Å²) in [6, 6.07) is 8.22. The number of aliphatic imine (C=N–C) groups is 1. The maximum absolute atomic E-state index is 4.74. The molecule has 7 heteroatoms. The van der Waals surface area contributed by atoms with Crippen molar-refractivity contribution in [2.45, 2.75) is 33.2 Å². The van der Waals surface area contributed by atoms with Crippen LogP contribution in [0.5, 0.6) is 0 Å². The maximum Gasteiger partial charge on any atom is 0.193 e. The van der Waals surface area contributed by atoms with E-state index in [4.69, 9.17) is 4.99 Å². The molecule has 2 rings (SSSR count). The van der Waals surface area contributed by atoms with E-state index >= 15 is 0 Å². The molecular formula is C17H27IN6. The number of aromatic amines is 1. The maximum atomic E-state index is 4.74. The third kappa shape index (κ3) is 6.10. The highest BCUT2D eigenvalue weighted by Crippen LogP contribution is 2.16. The predicted octanol–water partition coefficient (Wildman–Crippen LogP) is 3.29. The number of nitrogens with zero attached hydrogens (tertiary/aromatic N) is 4. The van der Waals surface area contributed by atoms with Crippen LogP contribution in [-0.4, -0.2) is 46.2 Å². The average molecular weight is 442 g/mol. The second kappa shape index (κ2) is 11.0. The molecule has 0 spiro atoms. The van der Waals surface area contributed by atoms with Gasteiger partial charge in [-0.15, -0.1) is 24.0 Å². The number of aromatic nitrogens is 3. The Kier molecular flexibility index (Phi) is 9.36. The van der Waals surface area contributed by atoms with Crippen LogP contribution in [0.4, 0.5) is 0 Å². The molecule has 0 aliphatic carbocycles. The van der Waals surface area contributed by atoms with E-state index < -0.39 is 0 Å². The molecule has 0 bridgehead atoms. The minimum absolute atomic E-state index is 0. The quantitative estimate of drug-likeness (QED) is 0.392. The van der Waals surface area contributed by atoms with Crippen molar-refractivity contribution >= 4 is 29.9 Å². The smallest absolute Gasteiger partial charge is 0.193 e. The molecule has 24 heavy (non-hydrogen) atoms. The number of unbranched alkanes of at least 4 members (excludes halogenated alkanes) is 1. The van der Waals surface area contributed by atoms with E-state index in [9.17, 15) is 0 Å². The number of nitrogens with one attached hydrogen (secondary N) is 2. The molecule has 2 N–H and O–H groups in total. The van der Waals surface area contributed by atoms with E-state index in [0.29, 0.717) is 6.54 Å². The van der Waals surface area contributed by atoms with Crippen molar-refractivity contribution in [2.24, 2.45) is 4.99 Å². The van der Waals surface area contributed by atoms with Crippen molar-refractivity contribution in [3.63, 3.8) is 0 Å². The number of guanidine groups is 1. The number of H-pyrrole nitrogens is 1. The molecule has 132 valence electrons. The molecule has 6 nitrogen and oxygen atoms in total. The zero-order valence-corrected chi connectivity index (χ0v) is 16.9. The Morgan fingerprint density at radius 2 is 2.17 bits per heavy atom. The third-order valence-electron chi connectivity index (χ3n) is 3.57. The van der Waals surface area contributed by atoms with Gasteiger partial charge < -0.3 is 10.2 Å². The molecule has 1 aromatic carbocycles. The summed E-state index contributed by atoms with van der Waals surface area (Å²) in [4.78, 5) is 11.1. The van der Waals surface area contributed by atoms with Gasteiger partial charge in [-0.05, 0) is 25.0 Å². The van der Waals surface area contributed by atoms with E-state index in [0.717, 1.165) is 36.0 Å². The molecule has 0 fully saturated rings. The first-order chi connectivity index (χ1) is 11.2. The number of benzene rings is 1. The van der Waals surface area contributed by atoms with Gasteiger partial charge in [-0.25, -0.2) is 9.98 Å². The van der Waals surface area contributed by atoms with Crippen molar-refractivity contribution in [2.75, 3.05) is 20.1 Å². The fourth-order valence-corrected chi connectivity index (χ4v) is 2.30. The molecule has 0 unspecified atom stereocenters. The lowest BCUT2D eigenvalue weighted by atomic mass is 10.1. The van der Waals surface area contributed by atoms with Crippen molar-refractivity contribution in [3.8, 4) is 11.4 Å². The van der Waals surface area contributed by atoms with Crippen LogP contribution in [0.15, 0.2) is 35.6 Å². The molecule has 0 saturated carbocycles. The second-order valence-corrected chi connectivity index (χ2v) is 5.48. The molecule has 0 saturated heterocycles. The monoisotopic (exact) mass is 442 g/mol. The number of rotatable bonds is 7. The molecule has 0 radical (unpaired) electrons. The lowest BCUT2D eigenvalue weighted by Crippen LogP contribution is -2.39. The minimum Gasteiger partial charge on any atom is -0.357 e. The van der Waals surface area contributed by atoms with Gasteiger partial charge in [0.1, 0.15) is 6.33 Å². The van der Waals surface area contributed by atoms with Gasteiger partial charge in [0.2, 0.25) is 0 Å². The lowest BCUT2D eigenvalue weighted by Gasteiger charge is -2.21. The predicted molar refractivity (Wildman–Crippen MR) is 110 cm³/mol. The van der Waals surface area contributed by atoms with Crippen LogP contribution in [0.25, 0.3) is 11.4 Å². The second-order valence-electron chi connectivity index (χ2n) is 5.48. The Morgan fingerprint density at radius 3 is 2.83 bits per heavy atom. The van der Waals surface area contributed by atoms with Gasteiger partial charge in [-0.1, -0.05) is 31.5 Å².